The Morgan fingerprint density at radius 3 is 2.76 bits per heavy atom. The number of pyridine rings is 1. The Bertz CT molecular complexity index is 1350. The van der Waals surface area contributed by atoms with Gasteiger partial charge in [0.1, 0.15) is 6.61 Å². The van der Waals surface area contributed by atoms with Crippen LogP contribution in [-0.2, 0) is 27.7 Å². The number of benzene rings is 1. The molecule has 178 valence electrons. The molecule has 0 aliphatic carbocycles. The van der Waals surface area contributed by atoms with E-state index in [-0.39, 0.29) is 23.1 Å². The van der Waals surface area contributed by atoms with Crippen LogP contribution in [0.2, 0.25) is 0 Å². The fourth-order valence-electron chi connectivity index (χ4n) is 4.59. The van der Waals surface area contributed by atoms with Crippen molar-refractivity contribution in [3.8, 4) is 5.82 Å². The van der Waals surface area contributed by atoms with Crippen LogP contribution in [0, 0.1) is 6.92 Å². The quantitative estimate of drug-likeness (QED) is 0.513. The number of ether oxygens (including phenoxy) is 1. The smallest absolute Gasteiger partial charge is 0.338 e. The van der Waals surface area contributed by atoms with Gasteiger partial charge < -0.3 is 10.5 Å². The SMILES string of the molecule is Cc1c([C@@H]2CN(Cc3cnn(-c4ccc(S(C)(=O)=O)cn4)c3)C[C@H](N)N2)ccc2c1COC2=O. The van der Waals surface area contributed by atoms with Gasteiger partial charge in [-0.15, -0.1) is 0 Å². The predicted molar refractivity (Wildman–Crippen MR) is 124 cm³/mol. The molecule has 2 atom stereocenters. The molecule has 0 unspecified atom stereocenters. The first-order valence-corrected chi connectivity index (χ1v) is 12.8. The zero-order valence-electron chi connectivity index (χ0n) is 18.9. The van der Waals surface area contributed by atoms with Crippen molar-refractivity contribution >= 4 is 15.8 Å². The van der Waals surface area contributed by atoms with Gasteiger partial charge in [0, 0.05) is 55.5 Å². The molecule has 10 nitrogen and oxygen atoms in total. The number of sulfone groups is 1. The van der Waals surface area contributed by atoms with Crippen LogP contribution < -0.4 is 11.1 Å². The average molecular weight is 483 g/mol. The summed E-state index contributed by atoms with van der Waals surface area (Å²) in [4.78, 5) is 18.5. The van der Waals surface area contributed by atoms with Crippen LogP contribution in [-0.4, -0.2) is 59.6 Å². The van der Waals surface area contributed by atoms with E-state index in [4.69, 9.17) is 10.5 Å². The summed E-state index contributed by atoms with van der Waals surface area (Å²) < 4.78 is 30.1. The van der Waals surface area contributed by atoms with Crippen molar-refractivity contribution in [2.75, 3.05) is 19.3 Å². The molecular formula is C23H26N6O4S. The number of hydrogen-bond acceptors (Lipinski definition) is 9. The first-order valence-electron chi connectivity index (χ1n) is 10.9. The normalized spacial score (nSPS) is 20.9. The number of piperazine rings is 1. The van der Waals surface area contributed by atoms with Crippen molar-refractivity contribution in [2.24, 2.45) is 5.73 Å². The highest BCUT2D eigenvalue weighted by Gasteiger charge is 2.30. The second-order valence-corrected chi connectivity index (χ2v) is 10.8. The van der Waals surface area contributed by atoms with E-state index in [0.717, 1.165) is 35.1 Å². The summed E-state index contributed by atoms with van der Waals surface area (Å²) in [6.07, 6.45) is 5.94. The van der Waals surface area contributed by atoms with Crippen LogP contribution in [0.3, 0.4) is 0 Å². The Morgan fingerprint density at radius 1 is 1.21 bits per heavy atom. The third kappa shape index (κ3) is 4.34. The minimum absolute atomic E-state index is 0.0185. The van der Waals surface area contributed by atoms with E-state index in [1.807, 2.05) is 25.3 Å². The molecule has 0 radical (unpaired) electrons. The lowest BCUT2D eigenvalue weighted by atomic mass is 9.93. The summed E-state index contributed by atoms with van der Waals surface area (Å²) >= 11 is 0. The number of carbonyl (C=O) groups excluding carboxylic acids is 1. The molecule has 0 amide bonds. The van der Waals surface area contributed by atoms with Crippen molar-refractivity contribution in [1.82, 2.24) is 25.0 Å². The number of esters is 1. The van der Waals surface area contributed by atoms with E-state index < -0.39 is 9.84 Å². The van der Waals surface area contributed by atoms with Crippen LogP contribution in [0.4, 0.5) is 0 Å². The summed E-state index contributed by atoms with van der Waals surface area (Å²) in [7, 11) is -3.30. The molecule has 3 aromatic rings. The molecule has 34 heavy (non-hydrogen) atoms. The van der Waals surface area contributed by atoms with Gasteiger partial charge in [-0.2, -0.15) is 5.10 Å². The van der Waals surface area contributed by atoms with Gasteiger partial charge in [0.05, 0.1) is 22.8 Å². The molecule has 0 saturated carbocycles. The first kappa shape index (κ1) is 22.7. The molecular weight excluding hydrogens is 456 g/mol. The fourth-order valence-corrected chi connectivity index (χ4v) is 5.15. The molecule has 1 saturated heterocycles. The number of rotatable bonds is 5. The molecule has 1 fully saturated rings. The maximum atomic E-state index is 11.9. The first-order chi connectivity index (χ1) is 16.2. The number of nitrogens with one attached hydrogen (secondary N) is 1. The number of fused-ring (bicyclic) bond motifs is 1. The Hall–Kier alpha value is -3.12. The molecule has 2 aromatic heterocycles. The molecule has 0 spiro atoms. The summed E-state index contributed by atoms with van der Waals surface area (Å²) in [5.41, 5.74) is 11.1. The van der Waals surface area contributed by atoms with Crippen molar-refractivity contribution in [3.05, 3.63) is 70.7 Å². The van der Waals surface area contributed by atoms with Gasteiger partial charge in [0.25, 0.3) is 0 Å². The van der Waals surface area contributed by atoms with Gasteiger partial charge in [-0.25, -0.2) is 22.9 Å². The Morgan fingerprint density at radius 2 is 2.03 bits per heavy atom. The predicted octanol–water partition coefficient (Wildman–Crippen LogP) is 1.08. The summed E-state index contributed by atoms with van der Waals surface area (Å²) in [5, 5.41) is 7.86. The van der Waals surface area contributed by atoms with E-state index in [1.165, 1.54) is 12.3 Å². The highest BCUT2D eigenvalue weighted by atomic mass is 32.2. The lowest BCUT2D eigenvalue weighted by Gasteiger charge is -2.38. The van der Waals surface area contributed by atoms with Crippen LogP contribution in [0.1, 0.15) is 38.7 Å². The van der Waals surface area contributed by atoms with Gasteiger partial charge in [0.15, 0.2) is 15.7 Å². The Labute approximate surface area is 197 Å². The molecule has 2 aliphatic rings. The standard InChI is InChI=1S/C23H26N6O4S/c1-14-17(4-5-18-19(14)13-33-23(18)30)20-11-28(12-21(24)27-20)9-15-7-26-29(10-15)22-6-3-16(8-25-22)34(2,31)32/h3-8,10,20-21,27H,9,11-13,24H2,1-2H3/t20-,21+/m0/s1. The average Bonchev–Trinajstić information content (AvgIpc) is 3.40. The maximum Gasteiger partial charge on any atom is 0.338 e. The topological polar surface area (TPSA) is 132 Å². The van der Waals surface area contributed by atoms with Gasteiger partial charge in [-0.3, -0.25) is 10.2 Å². The maximum absolute atomic E-state index is 11.9. The van der Waals surface area contributed by atoms with E-state index >= 15 is 0 Å². The van der Waals surface area contributed by atoms with Gasteiger partial charge >= 0.3 is 5.97 Å². The van der Waals surface area contributed by atoms with Crippen LogP contribution >= 0.6 is 0 Å². The Balaban J connectivity index is 1.31. The van der Waals surface area contributed by atoms with Crippen LogP contribution in [0.15, 0.2) is 47.8 Å². The summed E-state index contributed by atoms with van der Waals surface area (Å²) in [5.74, 6) is 0.274. The number of carbonyl (C=O) groups is 1. The third-order valence-corrected chi connectivity index (χ3v) is 7.42. The number of nitrogens with zero attached hydrogens (tertiary/aromatic N) is 4. The molecule has 1 aromatic carbocycles. The van der Waals surface area contributed by atoms with Crippen LogP contribution in [0.5, 0.6) is 0 Å². The summed E-state index contributed by atoms with van der Waals surface area (Å²) in [6, 6.07) is 7.00. The lowest BCUT2D eigenvalue weighted by molar-refractivity contribution is 0.0535. The zero-order valence-corrected chi connectivity index (χ0v) is 19.7. The second kappa shape index (κ2) is 8.58. The number of aromatic nitrogens is 3. The highest BCUT2D eigenvalue weighted by Crippen LogP contribution is 2.30. The van der Waals surface area contributed by atoms with E-state index in [0.29, 0.717) is 31.1 Å². The van der Waals surface area contributed by atoms with E-state index in [2.05, 4.69) is 20.3 Å². The van der Waals surface area contributed by atoms with Gasteiger partial charge in [0.2, 0.25) is 0 Å². The minimum atomic E-state index is -3.30. The highest BCUT2D eigenvalue weighted by molar-refractivity contribution is 7.90. The van der Waals surface area contributed by atoms with Crippen LogP contribution in [0.25, 0.3) is 5.82 Å². The second-order valence-electron chi connectivity index (χ2n) is 8.82. The molecule has 5 rings (SSSR count). The van der Waals surface area contributed by atoms with Crippen molar-refractivity contribution in [3.63, 3.8) is 0 Å². The zero-order chi connectivity index (χ0) is 24.0. The number of hydrogen-bond donors (Lipinski definition) is 2. The number of nitrogens with two attached hydrogens (primary N) is 1. The number of cyclic esters (lactones) is 1. The lowest BCUT2D eigenvalue weighted by Crippen LogP contribution is -2.56. The van der Waals surface area contributed by atoms with Crippen molar-refractivity contribution < 1.29 is 17.9 Å². The minimum Gasteiger partial charge on any atom is -0.457 e. The monoisotopic (exact) mass is 482 g/mol. The fraction of sp³-hybridized carbons (Fsp3) is 0.348. The molecule has 0 bridgehead atoms. The molecule has 4 heterocycles. The van der Waals surface area contributed by atoms with E-state index in [9.17, 15) is 13.2 Å². The van der Waals surface area contributed by atoms with E-state index in [1.54, 1.807) is 16.9 Å². The molecule has 2 aliphatic heterocycles. The van der Waals surface area contributed by atoms with Gasteiger partial charge in [-0.05, 0) is 36.2 Å². The largest absolute Gasteiger partial charge is 0.457 e. The molecule has 3 N–H and O–H groups in total. The van der Waals surface area contributed by atoms with Crippen molar-refractivity contribution in [2.45, 2.75) is 37.2 Å². The van der Waals surface area contributed by atoms with Crippen molar-refractivity contribution in [1.29, 1.82) is 0 Å². The summed E-state index contributed by atoms with van der Waals surface area (Å²) in [6.45, 7) is 4.41. The molecule has 11 heteroatoms. The third-order valence-electron chi connectivity index (χ3n) is 6.32. The van der Waals surface area contributed by atoms with Gasteiger partial charge in [-0.1, -0.05) is 6.07 Å². The Kier molecular flexibility index (Phi) is 5.72.